The normalized spacial score (nSPS) is 9.94. The first-order valence-corrected chi connectivity index (χ1v) is 5.29. The highest BCUT2D eigenvalue weighted by molar-refractivity contribution is 5.74. The van der Waals surface area contributed by atoms with Gasteiger partial charge in [0.05, 0.1) is 6.42 Å². The molecule has 0 saturated carbocycles. The van der Waals surface area contributed by atoms with Gasteiger partial charge in [-0.2, -0.15) is 0 Å². The third-order valence-electron chi connectivity index (χ3n) is 2.18. The van der Waals surface area contributed by atoms with Crippen molar-refractivity contribution < 1.29 is 14.7 Å². The van der Waals surface area contributed by atoms with Crippen LogP contribution in [0.25, 0.3) is 0 Å². The molecule has 0 unspecified atom stereocenters. The number of carbonyl (C=O) groups excluding carboxylic acids is 1. The molecule has 17 heavy (non-hydrogen) atoms. The van der Waals surface area contributed by atoms with Gasteiger partial charge in [-0.15, -0.1) is 0 Å². The summed E-state index contributed by atoms with van der Waals surface area (Å²) < 4.78 is 1.88. The molecular weight excluding hydrogens is 224 g/mol. The number of hydrogen-bond acceptors (Lipinski definition) is 3. The van der Waals surface area contributed by atoms with Gasteiger partial charge in [0.25, 0.3) is 0 Å². The lowest BCUT2D eigenvalue weighted by molar-refractivity contribution is -0.136. The molecule has 0 saturated heterocycles. The number of urea groups is 1. The molecule has 2 amide bonds. The molecule has 0 aliphatic rings. The van der Waals surface area contributed by atoms with Crippen LogP contribution in [0.15, 0.2) is 12.4 Å². The number of rotatable bonds is 6. The van der Waals surface area contributed by atoms with Crippen LogP contribution in [0.4, 0.5) is 4.79 Å². The molecule has 0 bridgehead atoms. The summed E-state index contributed by atoms with van der Waals surface area (Å²) in [6.45, 7) is 0.591. The number of aromatic nitrogens is 2. The predicted octanol–water partition coefficient (Wildman–Crippen LogP) is -0.263. The number of nitrogens with zero attached hydrogens (tertiary/aromatic N) is 2. The predicted molar refractivity (Wildman–Crippen MR) is 60.6 cm³/mol. The van der Waals surface area contributed by atoms with Gasteiger partial charge in [0, 0.05) is 39.0 Å². The van der Waals surface area contributed by atoms with E-state index in [9.17, 15) is 9.59 Å². The Balaban J connectivity index is 2.12. The van der Waals surface area contributed by atoms with Crippen LogP contribution in [0.2, 0.25) is 0 Å². The van der Waals surface area contributed by atoms with E-state index in [1.54, 1.807) is 6.20 Å². The Morgan fingerprint density at radius 1 is 1.41 bits per heavy atom. The highest BCUT2D eigenvalue weighted by Gasteiger charge is 2.03. The Morgan fingerprint density at radius 2 is 2.12 bits per heavy atom. The van der Waals surface area contributed by atoms with Gasteiger partial charge in [0.15, 0.2) is 0 Å². The van der Waals surface area contributed by atoms with E-state index in [2.05, 4.69) is 15.6 Å². The number of hydrogen-bond donors (Lipinski definition) is 3. The number of aryl methyl sites for hydroxylation is 1. The summed E-state index contributed by atoms with van der Waals surface area (Å²) in [7, 11) is 1.88. The monoisotopic (exact) mass is 240 g/mol. The second-order valence-electron chi connectivity index (χ2n) is 3.53. The standard InChI is InChI=1S/C10H16N4O3/c1-14-7-6-11-8(14)2-4-12-10(17)13-5-3-9(15)16/h6-7H,2-5H2,1H3,(H,15,16)(H2,12,13,17). The Kier molecular flexibility index (Phi) is 4.99. The maximum atomic E-state index is 11.2. The molecule has 0 aliphatic heterocycles. The average Bonchev–Trinajstić information content (AvgIpc) is 2.64. The van der Waals surface area contributed by atoms with E-state index in [1.165, 1.54) is 0 Å². The number of aliphatic carboxylic acids is 1. The van der Waals surface area contributed by atoms with E-state index in [4.69, 9.17) is 5.11 Å². The number of imidazole rings is 1. The van der Waals surface area contributed by atoms with Gasteiger partial charge < -0.3 is 20.3 Å². The number of nitrogens with one attached hydrogen (secondary N) is 2. The second-order valence-corrected chi connectivity index (χ2v) is 3.53. The van der Waals surface area contributed by atoms with Crippen molar-refractivity contribution in [3.05, 3.63) is 18.2 Å². The Bertz CT molecular complexity index is 389. The van der Waals surface area contributed by atoms with Crippen LogP contribution in [0.3, 0.4) is 0 Å². The van der Waals surface area contributed by atoms with E-state index < -0.39 is 5.97 Å². The molecule has 7 nitrogen and oxygen atoms in total. The molecule has 0 fully saturated rings. The van der Waals surface area contributed by atoms with Crippen LogP contribution in [-0.4, -0.2) is 39.7 Å². The molecule has 1 rings (SSSR count). The van der Waals surface area contributed by atoms with Crippen molar-refractivity contribution in [1.29, 1.82) is 0 Å². The quantitative estimate of drug-likeness (QED) is 0.638. The van der Waals surface area contributed by atoms with Crippen molar-refractivity contribution in [2.24, 2.45) is 7.05 Å². The van der Waals surface area contributed by atoms with Crippen LogP contribution in [-0.2, 0) is 18.3 Å². The van der Waals surface area contributed by atoms with Crippen LogP contribution in [0, 0.1) is 0 Å². The molecule has 1 heterocycles. The van der Waals surface area contributed by atoms with Gasteiger partial charge >= 0.3 is 12.0 Å². The molecule has 0 aliphatic carbocycles. The number of carbonyl (C=O) groups is 2. The topological polar surface area (TPSA) is 96.3 Å². The van der Waals surface area contributed by atoms with Crippen LogP contribution < -0.4 is 10.6 Å². The number of carboxylic acids is 1. The summed E-state index contributed by atoms with van der Waals surface area (Å²) in [6.07, 6.45) is 4.09. The van der Waals surface area contributed by atoms with Gasteiger partial charge in [-0.3, -0.25) is 4.79 Å². The van der Waals surface area contributed by atoms with E-state index >= 15 is 0 Å². The van der Waals surface area contributed by atoms with E-state index in [-0.39, 0.29) is 19.0 Å². The summed E-state index contributed by atoms with van der Waals surface area (Å²) in [4.78, 5) is 25.5. The Morgan fingerprint density at radius 3 is 2.71 bits per heavy atom. The maximum Gasteiger partial charge on any atom is 0.314 e. The van der Waals surface area contributed by atoms with Crippen LogP contribution >= 0.6 is 0 Å². The molecule has 94 valence electrons. The Labute approximate surface area is 98.8 Å². The van der Waals surface area contributed by atoms with Crippen molar-refractivity contribution in [1.82, 2.24) is 20.2 Å². The fraction of sp³-hybridized carbons (Fsp3) is 0.500. The van der Waals surface area contributed by atoms with Crippen molar-refractivity contribution in [3.8, 4) is 0 Å². The smallest absolute Gasteiger partial charge is 0.314 e. The molecule has 0 radical (unpaired) electrons. The summed E-state index contributed by atoms with van der Waals surface area (Å²) >= 11 is 0. The number of carboxylic acid groups (broad SMARTS) is 1. The summed E-state index contributed by atoms with van der Waals surface area (Å²) in [6, 6.07) is -0.361. The first kappa shape index (κ1) is 13.0. The fourth-order valence-electron chi connectivity index (χ4n) is 1.27. The molecule has 0 atom stereocenters. The largest absolute Gasteiger partial charge is 0.481 e. The SMILES string of the molecule is Cn1ccnc1CCNC(=O)NCCC(=O)O. The van der Waals surface area contributed by atoms with Crippen molar-refractivity contribution in [2.45, 2.75) is 12.8 Å². The third kappa shape index (κ3) is 5.01. The lowest BCUT2D eigenvalue weighted by Crippen LogP contribution is -2.37. The average molecular weight is 240 g/mol. The van der Waals surface area contributed by atoms with Gasteiger partial charge in [-0.25, -0.2) is 9.78 Å². The van der Waals surface area contributed by atoms with Crippen molar-refractivity contribution >= 4 is 12.0 Å². The Hall–Kier alpha value is -2.05. The first-order valence-electron chi connectivity index (χ1n) is 5.29. The molecular formula is C10H16N4O3. The van der Waals surface area contributed by atoms with Gasteiger partial charge in [0.2, 0.25) is 0 Å². The molecule has 3 N–H and O–H groups in total. The molecule has 7 heteroatoms. The van der Waals surface area contributed by atoms with Crippen molar-refractivity contribution in [3.63, 3.8) is 0 Å². The highest BCUT2D eigenvalue weighted by atomic mass is 16.4. The maximum absolute atomic E-state index is 11.2. The van der Waals surface area contributed by atoms with Gasteiger partial charge in [-0.05, 0) is 0 Å². The molecule has 0 aromatic carbocycles. The van der Waals surface area contributed by atoms with Crippen LogP contribution in [0.1, 0.15) is 12.2 Å². The molecule has 1 aromatic rings. The minimum Gasteiger partial charge on any atom is -0.481 e. The van der Waals surface area contributed by atoms with E-state index in [0.717, 1.165) is 5.82 Å². The summed E-state index contributed by atoms with van der Waals surface area (Å²) in [5.74, 6) is -0.0471. The second kappa shape index (κ2) is 6.51. The lowest BCUT2D eigenvalue weighted by Gasteiger charge is -2.06. The first-order chi connectivity index (χ1) is 8.09. The molecule has 1 aromatic heterocycles. The van der Waals surface area contributed by atoms with E-state index in [1.807, 2.05) is 17.8 Å². The zero-order chi connectivity index (χ0) is 12.7. The highest BCUT2D eigenvalue weighted by Crippen LogP contribution is 1.93. The lowest BCUT2D eigenvalue weighted by atomic mass is 10.4. The van der Waals surface area contributed by atoms with Gasteiger partial charge in [-0.1, -0.05) is 0 Å². The third-order valence-corrected chi connectivity index (χ3v) is 2.18. The zero-order valence-corrected chi connectivity index (χ0v) is 9.64. The summed E-state index contributed by atoms with van der Waals surface area (Å²) in [5.41, 5.74) is 0. The minimum absolute atomic E-state index is 0.0766. The molecule has 0 spiro atoms. The fourth-order valence-corrected chi connectivity index (χ4v) is 1.27. The van der Waals surface area contributed by atoms with Gasteiger partial charge in [0.1, 0.15) is 5.82 Å². The van der Waals surface area contributed by atoms with E-state index in [0.29, 0.717) is 13.0 Å². The minimum atomic E-state index is -0.932. The number of amides is 2. The zero-order valence-electron chi connectivity index (χ0n) is 9.64. The summed E-state index contributed by atoms with van der Waals surface area (Å²) in [5, 5.41) is 13.5. The van der Waals surface area contributed by atoms with Crippen molar-refractivity contribution in [2.75, 3.05) is 13.1 Å². The van der Waals surface area contributed by atoms with Crippen LogP contribution in [0.5, 0.6) is 0 Å².